The van der Waals surface area contributed by atoms with Gasteiger partial charge >= 0.3 is 0 Å². The van der Waals surface area contributed by atoms with Crippen molar-refractivity contribution in [1.29, 1.82) is 0 Å². The second-order valence-corrected chi connectivity index (χ2v) is 8.66. The molecule has 0 atom stereocenters. The molecule has 1 fully saturated rings. The fraction of sp³-hybridized carbons (Fsp3) is 0.450. The Morgan fingerprint density at radius 2 is 2.15 bits per heavy atom. The van der Waals surface area contributed by atoms with Gasteiger partial charge in [0.1, 0.15) is 0 Å². The Hall–Kier alpha value is -2.25. The minimum absolute atomic E-state index is 0.217. The van der Waals surface area contributed by atoms with Gasteiger partial charge in [-0.05, 0) is 64.4 Å². The third-order valence-electron chi connectivity index (χ3n) is 4.92. The van der Waals surface area contributed by atoms with Crippen molar-refractivity contribution in [2.24, 2.45) is 0 Å². The van der Waals surface area contributed by atoms with Gasteiger partial charge in [-0.25, -0.2) is 4.98 Å². The van der Waals surface area contributed by atoms with Crippen LogP contribution < -0.4 is 5.32 Å². The molecule has 0 spiro atoms. The number of nitrogens with one attached hydrogen (secondary N) is 1. The van der Waals surface area contributed by atoms with Crippen LogP contribution in [0.2, 0.25) is 0 Å². The fourth-order valence-corrected chi connectivity index (χ4v) is 4.26. The molecule has 4 rings (SSSR count). The van der Waals surface area contributed by atoms with Crippen LogP contribution in [0.1, 0.15) is 54.5 Å². The Kier molecular flexibility index (Phi) is 4.74. The standard InChI is InChI=1S/C20H25N5OS/c1-12(2)25-13(3)9-17(23-25)19(26)22-20-21-16-8-5-14(10-18(16)27-20)11-24(4)15-6-7-15/h5,8-10,12,15H,6-7,11H2,1-4H3,(H,21,22,26). The van der Waals surface area contributed by atoms with Crippen molar-refractivity contribution in [3.05, 3.63) is 41.2 Å². The van der Waals surface area contributed by atoms with E-state index in [4.69, 9.17) is 0 Å². The quantitative estimate of drug-likeness (QED) is 0.692. The highest BCUT2D eigenvalue weighted by molar-refractivity contribution is 7.22. The fourth-order valence-electron chi connectivity index (χ4n) is 3.34. The lowest BCUT2D eigenvalue weighted by Crippen LogP contribution is -2.19. The van der Waals surface area contributed by atoms with Crippen molar-refractivity contribution in [2.75, 3.05) is 12.4 Å². The monoisotopic (exact) mass is 383 g/mol. The van der Waals surface area contributed by atoms with Gasteiger partial charge in [-0.15, -0.1) is 0 Å². The van der Waals surface area contributed by atoms with E-state index in [1.165, 1.54) is 29.7 Å². The number of aryl methyl sites for hydroxylation is 1. The summed E-state index contributed by atoms with van der Waals surface area (Å²) in [5, 5.41) is 7.91. The van der Waals surface area contributed by atoms with E-state index in [1.807, 2.05) is 37.6 Å². The molecule has 1 aliphatic rings. The van der Waals surface area contributed by atoms with E-state index in [0.29, 0.717) is 10.8 Å². The maximum Gasteiger partial charge on any atom is 0.277 e. The van der Waals surface area contributed by atoms with Crippen LogP contribution in [-0.4, -0.2) is 38.7 Å². The van der Waals surface area contributed by atoms with Gasteiger partial charge in [0.25, 0.3) is 5.91 Å². The molecule has 142 valence electrons. The number of hydrogen-bond donors (Lipinski definition) is 1. The first-order valence-electron chi connectivity index (χ1n) is 9.38. The Balaban J connectivity index is 1.50. The average molecular weight is 384 g/mol. The number of amides is 1. The molecule has 0 unspecified atom stereocenters. The lowest BCUT2D eigenvalue weighted by Gasteiger charge is -2.15. The highest BCUT2D eigenvalue weighted by Gasteiger charge is 2.26. The van der Waals surface area contributed by atoms with E-state index in [2.05, 4.69) is 39.5 Å². The third-order valence-corrected chi connectivity index (χ3v) is 5.85. The summed E-state index contributed by atoms with van der Waals surface area (Å²) < 4.78 is 2.95. The average Bonchev–Trinajstić information content (AvgIpc) is 3.28. The molecule has 2 aromatic heterocycles. The molecule has 3 aromatic rings. The van der Waals surface area contributed by atoms with Gasteiger partial charge < -0.3 is 0 Å². The zero-order valence-electron chi connectivity index (χ0n) is 16.2. The number of carbonyl (C=O) groups excluding carboxylic acids is 1. The van der Waals surface area contributed by atoms with Crippen LogP contribution in [-0.2, 0) is 6.54 Å². The van der Waals surface area contributed by atoms with Crippen LogP contribution >= 0.6 is 11.3 Å². The third kappa shape index (κ3) is 3.89. The highest BCUT2D eigenvalue weighted by Crippen LogP contribution is 2.30. The second kappa shape index (κ2) is 7.05. The summed E-state index contributed by atoms with van der Waals surface area (Å²) in [6.45, 7) is 7.01. The summed E-state index contributed by atoms with van der Waals surface area (Å²) in [6, 6.07) is 9.12. The predicted molar refractivity (Wildman–Crippen MR) is 109 cm³/mol. The van der Waals surface area contributed by atoms with Crippen LogP contribution in [0, 0.1) is 6.92 Å². The van der Waals surface area contributed by atoms with Gasteiger partial charge in [-0.1, -0.05) is 17.4 Å². The van der Waals surface area contributed by atoms with Gasteiger partial charge in [0.15, 0.2) is 10.8 Å². The van der Waals surface area contributed by atoms with Crippen molar-refractivity contribution >= 4 is 32.6 Å². The number of aromatic nitrogens is 3. The maximum absolute atomic E-state index is 12.5. The van der Waals surface area contributed by atoms with E-state index in [1.54, 1.807) is 0 Å². The minimum Gasteiger partial charge on any atom is -0.299 e. The molecule has 0 bridgehead atoms. The zero-order chi connectivity index (χ0) is 19.1. The van der Waals surface area contributed by atoms with Crippen LogP contribution in [0.25, 0.3) is 10.2 Å². The Bertz CT molecular complexity index is 986. The summed E-state index contributed by atoms with van der Waals surface area (Å²) in [5.74, 6) is -0.217. The Morgan fingerprint density at radius 3 is 2.81 bits per heavy atom. The van der Waals surface area contributed by atoms with Crippen molar-refractivity contribution < 1.29 is 4.79 Å². The van der Waals surface area contributed by atoms with Gasteiger partial charge in [-0.2, -0.15) is 5.10 Å². The number of thiazole rings is 1. The molecule has 6 nitrogen and oxygen atoms in total. The van der Waals surface area contributed by atoms with Gasteiger partial charge in [0, 0.05) is 24.3 Å². The van der Waals surface area contributed by atoms with E-state index >= 15 is 0 Å². The zero-order valence-corrected chi connectivity index (χ0v) is 17.0. The topological polar surface area (TPSA) is 63.1 Å². The molecule has 1 saturated carbocycles. The summed E-state index contributed by atoms with van der Waals surface area (Å²) in [5.41, 5.74) is 3.60. The number of carbonyl (C=O) groups is 1. The molecular formula is C20H25N5OS. The molecule has 1 N–H and O–H groups in total. The second-order valence-electron chi connectivity index (χ2n) is 7.63. The predicted octanol–water partition coefficient (Wildman–Crippen LogP) is 4.23. The van der Waals surface area contributed by atoms with Crippen LogP contribution in [0.15, 0.2) is 24.3 Å². The molecular weight excluding hydrogens is 358 g/mol. The highest BCUT2D eigenvalue weighted by atomic mass is 32.1. The van der Waals surface area contributed by atoms with Gasteiger partial charge in [0.05, 0.1) is 10.2 Å². The van der Waals surface area contributed by atoms with Crippen LogP contribution in [0.3, 0.4) is 0 Å². The number of fused-ring (bicyclic) bond motifs is 1. The first kappa shape index (κ1) is 18.1. The normalized spacial score (nSPS) is 14.4. The summed E-state index contributed by atoms with van der Waals surface area (Å²) >= 11 is 1.51. The van der Waals surface area contributed by atoms with Crippen molar-refractivity contribution in [3.63, 3.8) is 0 Å². The van der Waals surface area contributed by atoms with Crippen molar-refractivity contribution in [1.82, 2.24) is 19.7 Å². The Morgan fingerprint density at radius 1 is 1.37 bits per heavy atom. The lowest BCUT2D eigenvalue weighted by atomic mass is 10.2. The van der Waals surface area contributed by atoms with Crippen LogP contribution in [0.4, 0.5) is 5.13 Å². The van der Waals surface area contributed by atoms with E-state index < -0.39 is 0 Å². The van der Waals surface area contributed by atoms with Crippen LogP contribution in [0.5, 0.6) is 0 Å². The first-order chi connectivity index (χ1) is 12.9. The SMILES string of the molecule is Cc1cc(C(=O)Nc2nc3ccc(CN(C)C4CC4)cc3s2)nn1C(C)C. The summed E-state index contributed by atoms with van der Waals surface area (Å²) in [6.07, 6.45) is 2.61. The van der Waals surface area contributed by atoms with Crippen molar-refractivity contribution in [2.45, 2.75) is 52.2 Å². The van der Waals surface area contributed by atoms with E-state index in [9.17, 15) is 4.79 Å². The van der Waals surface area contributed by atoms with E-state index in [0.717, 1.165) is 28.5 Å². The molecule has 1 aromatic carbocycles. The lowest BCUT2D eigenvalue weighted by molar-refractivity contribution is 0.102. The molecule has 0 aliphatic heterocycles. The Labute approximate surface area is 163 Å². The van der Waals surface area contributed by atoms with Crippen molar-refractivity contribution in [3.8, 4) is 0 Å². The molecule has 0 saturated heterocycles. The number of nitrogens with zero attached hydrogens (tertiary/aromatic N) is 4. The number of hydrogen-bond acceptors (Lipinski definition) is 5. The number of benzene rings is 1. The molecule has 0 radical (unpaired) electrons. The number of rotatable bonds is 6. The largest absolute Gasteiger partial charge is 0.299 e. The maximum atomic E-state index is 12.5. The summed E-state index contributed by atoms with van der Waals surface area (Å²) in [4.78, 5) is 19.5. The van der Waals surface area contributed by atoms with Gasteiger partial charge in [0.2, 0.25) is 0 Å². The molecule has 1 amide bonds. The molecule has 1 aliphatic carbocycles. The molecule has 27 heavy (non-hydrogen) atoms. The van der Waals surface area contributed by atoms with E-state index in [-0.39, 0.29) is 11.9 Å². The molecule has 2 heterocycles. The minimum atomic E-state index is -0.217. The number of anilines is 1. The van der Waals surface area contributed by atoms with Gasteiger partial charge in [-0.3, -0.25) is 19.7 Å². The summed E-state index contributed by atoms with van der Waals surface area (Å²) in [7, 11) is 2.18. The smallest absolute Gasteiger partial charge is 0.277 e. The first-order valence-corrected chi connectivity index (χ1v) is 10.2. The molecule has 7 heteroatoms.